The lowest BCUT2D eigenvalue weighted by Gasteiger charge is -2.09. The minimum absolute atomic E-state index is 0.0881. The molecule has 2 amide bonds. The number of carbonyl (C=O) groups excluding carboxylic acids is 3. The normalized spacial score (nSPS) is 12.8. The quantitative estimate of drug-likeness (QED) is 0.369. The van der Waals surface area contributed by atoms with E-state index in [1.165, 1.54) is 24.3 Å². The van der Waals surface area contributed by atoms with E-state index in [2.05, 4.69) is 11.7 Å². The molecule has 144 valence electrons. The fourth-order valence-electron chi connectivity index (χ4n) is 3.11. The lowest BCUT2D eigenvalue weighted by Crippen LogP contribution is -2.29. The van der Waals surface area contributed by atoms with E-state index in [0.29, 0.717) is 0 Å². The van der Waals surface area contributed by atoms with Crippen LogP contribution < -0.4 is 0 Å². The maximum absolute atomic E-state index is 12.4. The van der Waals surface area contributed by atoms with Gasteiger partial charge in [-0.15, -0.1) is 6.58 Å². The molecular weight excluding hydrogens is 370 g/mol. The Balaban J connectivity index is 1.44. The van der Waals surface area contributed by atoms with Crippen LogP contribution in [0.5, 0.6) is 0 Å². The van der Waals surface area contributed by atoms with E-state index in [0.717, 1.165) is 16.2 Å². The summed E-state index contributed by atoms with van der Waals surface area (Å²) in [6.07, 6.45) is 5.01. The average molecular weight is 387 g/mol. The molecule has 0 saturated heterocycles. The summed E-state index contributed by atoms with van der Waals surface area (Å²) in [6.45, 7) is 3.76. The van der Waals surface area contributed by atoms with Gasteiger partial charge in [0.1, 0.15) is 6.61 Å². The standard InChI is InChI=1S/C22H17N3O4/c1-2-11-24-20(26)18-9-6-16(13-19(18)21(24)27)22(28)29-14-15-4-7-17(8-5-15)25-12-3-10-23-25/h2-10,12-13H,1,11,14H2. The van der Waals surface area contributed by atoms with Gasteiger partial charge in [0.25, 0.3) is 11.8 Å². The number of hydrogen-bond acceptors (Lipinski definition) is 5. The monoisotopic (exact) mass is 387 g/mol. The molecule has 7 nitrogen and oxygen atoms in total. The van der Waals surface area contributed by atoms with E-state index < -0.39 is 11.9 Å². The zero-order chi connectivity index (χ0) is 20.4. The second kappa shape index (κ2) is 7.55. The molecule has 4 rings (SSSR count). The molecule has 0 fully saturated rings. The first-order valence-corrected chi connectivity index (χ1v) is 8.95. The lowest BCUT2D eigenvalue weighted by atomic mass is 10.1. The molecule has 2 heterocycles. The highest BCUT2D eigenvalue weighted by molar-refractivity contribution is 6.22. The molecule has 1 aromatic heterocycles. The van der Waals surface area contributed by atoms with Gasteiger partial charge in [-0.2, -0.15) is 5.10 Å². The van der Waals surface area contributed by atoms with Gasteiger partial charge in [0.05, 0.1) is 22.4 Å². The third-order valence-electron chi connectivity index (χ3n) is 4.59. The Morgan fingerprint density at radius 2 is 1.83 bits per heavy atom. The van der Waals surface area contributed by atoms with Crippen molar-refractivity contribution < 1.29 is 19.1 Å². The zero-order valence-electron chi connectivity index (χ0n) is 15.4. The highest BCUT2D eigenvalue weighted by atomic mass is 16.5. The molecule has 0 spiro atoms. The van der Waals surface area contributed by atoms with Gasteiger partial charge < -0.3 is 4.74 Å². The number of hydrogen-bond donors (Lipinski definition) is 0. The van der Waals surface area contributed by atoms with Crippen molar-refractivity contribution in [3.63, 3.8) is 0 Å². The van der Waals surface area contributed by atoms with Gasteiger partial charge in [-0.1, -0.05) is 18.2 Å². The Morgan fingerprint density at radius 3 is 2.52 bits per heavy atom. The van der Waals surface area contributed by atoms with Crippen molar-refractivity contribution in [2.75, 3.05) is 6.54 Å². The van der Waals surface area contributed by atoms with Gasteiger partial charge in [0.2, 0.25) is 0 Å². The molecule has 2 aromatic carbocycles. The molecule has 1 aliphatic rings. The fourth-order valence-corrected chi connectivity index (χ4v) is 3.11. The molecule has 0 saturated carbocycles. The number of fused-ring (bicyclic) bond motifs is 1. The largest absolute Gasteiger partial charge is 0.457 e. The lowest BCUT2D eigenvalue weighted by molar-refractivity contribution is 0.0472. The summed E-state index contributed by atoms with van der Waals surface area (Å²) in [5.41, 5.74) is 2.42. The molecule has 0 atom stereocenters. The van der Waals surface area contributed by atoms with Crippen LogP contribution in [0.25, 0.3) is 5.69 Å². The van der Waals surface area contributed by atoms with Crippen molar-refractivity contribution >= 4 is 17.8 Å². The Hall–Kier alpha value is -4.00. The van der Waals surface area contributed by atoms with E-state index in [9.17, 15) is 14.4 Å². The highest BCUT2D eigenvalue weighted by Gasteiger charge is 2.35. The number of ether oxygens (including phenoxy) is 1. The van der Waals surface area contributed by atoms with Crippen molar-refractivity contribution in [1.29, 1.82) is 0 Å². The van der Waals surface area contributed by atoms with E-state index in [-0.39, 0.29) is 35.7 Å². The average Bonchev–Trinajstić information content (AvgIpc) is 3.36. The van der Waals surface area contributed by atoms with Gasteiger partial charge in [0.15, 0.2) is 0 Å². The molecular formula is C22H17N3O4. The Morgan fingerprint density at radius 1 is 1.07 bits per heavy atom. The van der Waals surface area contributed by atoms with Crippen LogP contribution in [0.3, 0.4) is 0 Å². The molecule has 1 aliphatic heterocycles. The molecule has 7 heteroatoms. The number of nitrogens with zero attached hydrogens (tertiary/aromatic N) is 3. The van der Waals surface area contributed by atoms with Gasteiger partial charge in [0, 0.05) is 18.9 Å². The van der Waals surface area contributed by atoms with Crippen LogP contribution >= 0.6 is 0 Å². The minimum atomic E-state index is -0.564. The van der Waals surface area contributed by atoms with Crippen molar-refractivity contribution in [1.82, 2.24) is 14.7 Å². The van der Waals surface area contributed by atoms with Gasteiger partial charge in [-0.05, 0) is 42.0 Å². The molecule has 29 heavy (non-hydrogen) atoms. The topological polar surface area (TPSA) is 81.5 Å². The smallest absolute Gasteiger partial charge is 0.338 e. The van der Waals surface area contributed by atoms with Crippen molar-refractivity contribution in [2.45, 2.75) is 6.61 Å². The second-order valence-corrected chi connectivity index (χ2v) is 6.46. The fraction of sp³-hybridized carbons (Fsp3) is 0.0909. The number of imide groups is 1. The number of esters is 1. The third-order valence-corrected chi connectivity index (χ3v) is 4.59. The Labute approximate surface area is 166 Å². The SMILES string of the molecule is C=CCN1C(=O)c2ccc(C(=O)OCc3ccc(-n4cccn4)cc3)cc2C1=O. The summed E-state index contributed by atoms with van der Waals surface area (Å²) < 4.78 is 7.08. The minimum Gasteiger partial charge on any atom is -0.457 e. The molecule has 0 aliphatic carbocycles. The number of amides is 2. The van der Waals surface area contributed by atoms with Crippen LogP contribution in [0.1, 0.15) is 36.6 Å². The molecule has 0 N–H and O–H groups in total. The van der Waals surface area contributed by atoms with Gasteiger partial charge >= 0.3 is 5.97 Å². The third kappa shape index (κ3) is 3.45. The molecule has 3 aromatic rings. The van der Waals surface area contributed by atoms with E-state index >= 15 is 0 Å². The first-order valence-electron chi connectivity index (χ1n) is 8.95. The van der Waals surface area contributed by atoms with Crippen LogP contribution in [0.2, 0.25) is 0 Å². The van der Waals surface area contributed by atoms with E-state index in [1.54, 1.807) is 10.9 Å². The predicted molar refractivity (Wildman–Crippen MR) is 105 cm³/mol. The predicted octanol–water partition coefficient (Wildman–Crippen LogP) is 3.01. The van der Waals surface area contributed by atoms with Crippen LogP contribution in [-0.4, -0.2) is 39.0 Å². The van der Waals surface area contributed by atoms with Crippen molar-refractivity contribution in [2.24, 2.45) is 0 Å². The van der Waals surface area contributed by atoms with Crippen LogP contribution in [0, 0.1) is 0 Å². The maximum Gasteiger partial charge on any atom is 0.338 e. The molecule has 0 radical (unpaired) electrons. The summed E-state index contributed by atoms with van der Waals surface area (Å²) in [5, 5.41) is 4.16. The van der Waals surface area contributed by atoms with Crippen LogP contribution in [0.15, 0.2) is 73.6 Å². The number of benzene rings is 2. The van der Waals surface area contributed by atoms with Crippen molar-refractivity contribution in [3.05, 3.63) is 95.8 Å². The summed E-state index contributed by atoms with van der Waals surface area (Å²) in [5.74, 6) is -1.39. The summed E-state index contributed by atoms with van der Waals surface area (Å²) in [7, 11) is 0. The zero-order valence-corrected chi connectivity index (χ0v) is 15.4. The van der Waals surface area contributed by atoms with Gasteiger partial charge in [-0.25, -0.2) is 9.48 Å². The van der Waals surface area contributed by atoms with Crippen LogP contribution in [0.4, 0.5) is 0 Å². The first kappa shape index (κ1) is 18.4. The van der Waals surface area contributed by atoms with Crippen molar-refractivity contribution in [3.8, 4) is 5.69 Å². The summed E-state index contributed by atoms with van der Waals surface area (Å²) in [4.78, 5) is 38.1. The molecule has 0 bridgehead atoms. The summed E-state index contributed by atoms with van der Waals surface area (Å²) in [6, 6.07) is 13.7. The molecule has 0 unspecified atom stereocenters. The van der Waals surface area contributed by atoms with E-state index in [4.69, 9.17) is 4.74 Å². The maximum atomic E-state index is 12.4. The summed E-state index contributed by atoms with van der Waals surface area (Å²) >= 11 is 0. The number of rotatable bonds is 6. The number of carbonyl (C=O) groups is 3. The van der Waals surface area contributed by atoms with Gasteiger partial charge in [-0.3, -0.25) is 14.5 Å². The Kier molecular flexibility index (Phi) is 4.78. The second-order valence-electron chi connectivity index (χ2n) is 6.46. The highest BCUT2D eigenvalue weighted by Crippen LogP contribution is 2.24. The van der Waals surface area contributed by atoms with E-state index in [1.807, 2.05) is 36.5 Å². The Bertz CT molecular complexity index is 1100. The number of aromatic nitrogens is 2. The first-order chi connectivity index (χ1) is 14.1. The van der Waals surface area contributed by atoms with Crippen LogP contribution in [-0.2, 0) is 11.3 Å².